The molecule has 0 aromatic heterocycles. The van der Waals surface area contributed by atoms with E-state index in [1.807, 2.05) is 44.2 Å². The van der Waals surface area contributed by atoms with Gasteiger partial charge in [0.25, 0.3) is 0 Å². The second-order valence-electron chi connectivity index (χ2n) is 7.11. The molecule has 0 unspecified atom stereocenters. The standard InChI is InChI=1S/C21H21N3O2.C2H6/c1-26-17-6-4-14(5-7-17)13-24-19-15(12-22)10-16(23)11-18(19)21(20(24)25)8-2-3-9-21;1-2/h4-7,10-11H,2-3,8-9,13,23H2,1H3;1-2H3. The molecule has 2 aromatic carbocycles. The van der Waals surface area contributed by atoms with Crippen molar-refractivity contribution in [3.8, 4) is 11.8 Å². The fourth-order valence-corrected chi connectivity index (χ4v) is 4.40. The zero-order valence-corrected chi connectivity index (χ0v) is 16.8. The van der Waals surface area contributed by atoms with E-state index in [0.29, 0.717) is 17.8 Å². The van der Waals surface area contributed by atoms with Gasteiger partial charge in [-0.05, 0) is 48.2 Å². The van der Waals surface area contributed by atoms with Crippen LogP contribution in [0.5, 0.6) is 5.75 Å². The van der Waals surface area contributed by atoms with E-state index in [-0.39, 0.29) is 5.91 Å². The van der Waals surface area contributed by atoms with Gasteiger partial charge >= 0.3 is 0 Å². The lowest BCUT2D eigenvalue weighted by atomic mass is 9.79. The van der Waals surface area contributed by atoms with Gasteiger partial charge in [-0.3, -0.25) is 4.79 Å². The molecule has 5 heteroatoms. The molecule has 0 bridgehead atoms. The third-order valence-corrected chi connectivity index (χ3v) is 5.65. The number of carbonyl (C=O) groups is 1. The fraction of sp³-hybridized carbons (Fsp3) is 0.391. The molecule has 0 atom stereocenters. The summed E-state index contributed by atoms with van der Waals surface area (Å²) in [6.07, 6.45) is 3.70. The van der Waals surface area contributed by atoms with E-state index in [1.54, 1.807) is 18.1 Å². The van der Waals surface area contributed by atoms with Crippen LogP contribution in [0.25, 0.3) is 0 Å². The first-order valence-electron chi connectivity index (χ1n) is 9.88. The van der Waals surface area contributed by atoms with Gasteiger partial charge in [0.2, 0.25) is 5.91 Å². The quantitative estimate of drug-likeness (QED) is 0.797. The Bertz CT molecular complexity index is 907. The van der Waals surface area contributed by atoms with E-state index in [4.69, 9.17) is 10.5 Å². The Morgan fingerprint density at radius 1 is 1.18 bits per heavy atom. The maximum absolute atomic E-state index is 13.4. The van der Waals surface area contributed by atoms with Crippen LogP contribution in [0.3, 0.4) is 0 Å². The largest absolute Gasteiger partial charge is 0.497 e. The van der Waals surface area contributed by atoms with Gasteiger partial charge in [0.05, 0.1) is 30.3 Å². The lowest BCUT2D eigenvalue weighted by Crippen LogP contribution is -2.38. The van der Waals surface area contributed by atoms with Crippen LogP contribution in [-0.2, 0) is 16.8 Å². The molecule has 2 N–H and O–H groups in total. The van der Waals surface area contributed by atoms with Crippen molar-refractivity contribution in [3.63, 3.8) is 0 Å². The summed E-state index contributed by atoms with van der Waals surface area (Å²) in [4.78, 5) is 15.2. The summed E-state index contributed by atoms with van der Waals surface area (Å²) in [5, 5.41) is 9.64. The van der Waals surface area contributed by atoms with Crippen LogP contribution in [0.15, 0.2) is 36.4 Å². The third kappa shape index (κ3) is 3.09. The summed E-state index contributed by atoms with van der Waals surface area (Å²) in [7, 11) is 1.63. The van der Waals surface area contributed by atoms with E-state index in [2.05, 4.69) is 6.07 Å². The number of benzene rings is 2. The lowest BCUT2D eigenvalue weighted by molar-refractivity contribution is -0.123. The monoisotopic (exact) mass is 377 g/mol. The molecule has 1 amide bonds. The number of anilines is 2. The average Bonchev–Trinajstić information content (AvgIpc) is 3.31. The summed E-state index contributed by atoms with van der Waals surface area (Å²) in [5.41, 5.74) is 9.23. The Balaban J connectivity index is 0.00000109. The maximum atomic E-state index is 13.4. The molecule has 1 aliphatic heterocycles. The zero-order valence-electron chi connectivity index (χ0n) is 16.8. The van der Waals surface area contributed by atoms with Gasteiger partial charge in [-0.1, -0.05) is 38.8 Å². The van der Waals surface area contributed by atoms with Crippen LogP contribution in [0.4, 0.5) is 11.4 Å². The summed E-state index contributed by atoms with van der Waals surface area (Å²) >= 11 is 0. The predicted octanol–water partition coefficient (Wildman–Crippen LogP) is 4.53. The summed E-state index contributed by atoms with van der Waals surface area (Å²) in [5.74, 6) is 0.877. The SMILES string of the molecule is CC.COc1ccc(CN2C(=O)C3(CCCC3)c3cc(N)cc(C#N)c32)cc1. The molecule has 1 spiro atoms. The smallest absolute Gasteiger partial charge is 0.238 e. The van der Waals surface area contributed by atoms with Gasteiger partial charge in [-0.15, -0.1) is 0 Å². The van der Waals surface area contributed by atoms with Gasteiger partial charge in [-0.2, -0.15) is 5.26 Å². The summed E-state index contributed by atoms with van der Waals surface area (Å²) < 4.78 is 5.20. The van der Waals surface area contributed by atoms with Crippen molar-refractivity contribution in [3.05, 3.63) is 53.1 Å². The molecule has 4 rings (SSSR count). The molecule has 28 heavy (non-hydrogen) atoms. The van der Waals surface area contributed by atoms with Crippen molar-refractivity contribution >= 4 is 17.3 Å². The highest BCUT2D eigenvalue weighted by atomic mass is 16.5. The van der Waals surface area contributed by atoms with Crippen molar-refractivity contribution in [1.29, 1.82) is 5.26 Å². The van der Waals surface area contributed by atoms with Crippen molar-refractivity contribution in [2.75, 3.05) is 17.7 Å². The highest BCUT2D eigenvalue weighted by Crippen LogP contribution is 2.53. The molecule has 1 saturated carbocycles. The first kappa shape index (κ1) is 19.8. The van der Waals surface area contributed by atoms with Crippen LogP contribution in [0, 0.1) is 11.3 Å². The Morgan fingerprint density at radius 2 is 1.82 bits per heavy atom. The average molecular weight is 377 g/mol. The highest BCUT2D eigenvalue weighted by molar-refractivity contribution is 6.09. The number of hydrogen-bond acceptors (Lipinski definition) is 4. The molecule has 0 radical (unpaired) electrons. The molecule has 5 nitrogen and oxygen atoms in total. The second kappa shape index (κ2) is 7.93. The van der Waals surface area contributed by atoms with Gasteiger partial charge in [-0.25, -0.2) is 0 Å². The molecule has 1 fully saturated rings. The van der Waals surface area contributed by atoms with E-state index in [1.165, 1.54) is 0 Å². The third-order valence-electron chi connectivity index (χ3n) is 5.65. The number of carbonyl (C=O) groups excluding carboxylic acids is 1. The number of fused-ring (bicyclic) bond motifs is 2. The second-order valence-corrected chi connectivity index (χ2v) is 7.11. The highest BCUT2D eigenvalue weighted by Gasteiger charge is 2.53. The van der Waals surface area contributed by atoms with Gasteiger partial charge < -0.3 is 15.4 Å². The molecule has 1 heterocycles. The van der Waals surface area contributed by atoms with Crippen LogP contribution in [0.1, 0.15) is 56.2 Å². The summed E-state index contributed by atoms with van der Waals surface area (Å²) in [6.45, 7) is 4.44. The fourth-order valence-electron chi connectivity index (χ4n) is 4.40. The number of nitrogen functional groups attached to an aromatic ring is 1. The van der Waals surface area contributed by atoms with E-state index in [0.717, 1.165) is 48.2 Å². The zero-order chi connectivity index (χ0) is 20.3. The lowest BCUT2D eigenvalue weighted by Gasteiger charge is -2.23. The number of rotatable bonds is 3. The first-order valence-corrected chi connectivity index (χ1v) is 9.88. The topological polar surface area (TPSA) is 79.3 Å². The minimum absolute atomic E-state index is 0.0999. The number of methoxy groups -OCH3 is 1. The molecule has 146 valence electrons. The van der Waals surface area contributed by atoms with Crippen LogP contribution in [-0.4, -0.2) is 13.0 Å². The molecular formula is C23H27N3O2. The van der Waals surface area contributed by atoms with Crippen molar-refractivity contribution in [2.24, 2.45) is 0 Å². The van der Waals surface area contributed by atoms with Crippen molar-refractivity contribution < 1.29 is 9.53 Å². The maximum Gasteiger partial charge on any atom is 0.238 e. The predicted molar refractivity (Wildman–Crippen MR) is 111 cm³/mol. The van der Waals surface area contributed by atoms with Crippen molar-refractivity contribution in [1.82, 2.24) is 0 Å². The summed E-state index contributed by atoms with van der Waals surface area (Å²) in [6, 6.07) is 13.5. The van der Waals surface area contributed by atoms with Crippen LogP contribution < -0.4 is 15.4 Å². The van der Waals surface area contributed by atoms with Gasteiger partial charge in [0.15, 0.2) is 0 Å². The molecule has 2 aromatic rings. The molecular weight excluding hydrogens is 350 g/mol. The molecule has 1 aliphatic carbocycles. The Labute approximate surface area is 166 Å². The molecule has 0 saturated heterocycles. The van der Waals surface area contributed by atoms with Gasteiger partial charge in [0, 0.05) is 5.69 Å². The Hall–Kier alpha value is -3.00. The minimum atomic E-state index is -0.511. The number of hydrogen-bond donors (Lipinski definition) is 1. The number of nitriles is 1. The van der Waals surface area contributed by atoms with Crippen LogP contribution in [0.2, 0.25) is 0 Å². The molecule has 2 aliphatic rings. The Kier molecular flexibility index (Phi) is 5.60. The minimum Gasteiger partial charge on any atom is -0.497 e. The van der Waals surface area contributed by atoms with Gasteiger partial charge in [0.1, 0.15) is 11.8 Å². The number of nitrogens with two attached hydrogens (primary N) is 1. The van der Waals surface area contributed by atoms with Crippen LogP contribution >= 0.6 is 0 Å². The van der Waals surface area contributed by atoms with E-state index >= 15 is 0 Å². The number of nitrogens with zero attached hydrogens (tertiary/aromatic N) is 2. The first-order chi connectivity index (χ1) is 13.6. The normalized spacial score (nSPS) is 16.4. The van der Waals surface area contributed by atoms with E-state index < -0.39 is 5.41 Å². The van der Waals surface area contributed by atoms with Crippen molar-refractivity contribution in [2.45, 2.75) is 51.5 Å². The number of amides is 1. The van der Waals surface area contributed by atoms with E-state index in [9.17, 15) is 10.1 Å². The number of ether oxygens (including phenoxy) is 1. The Morgan fingerprint density at radius 3 is 2.39 bits per heavy atom.